The minimum atomic E-state index is 0.529. The molecule has 3 unspecified atom stereocenters. The van der Waals surface area contributed by atoms with Crippen LogP contribution in [0.1, 0.15) is 39.5 Å². The van der Waals surface area contributed by atoms with Crippen LogP contribution in [0.25, 0.3) is 0 Å². The van der Waals surface area contributed by atoms with Gasteiger partial charge in [-0.05, 0) is 24.7 Å². The maximum atomic E-state index is 5.85. The predicted molar refractivity (Wildman–Crippen MR) is 44.8 cm³/mol. The zero-order valence-electron chi connectivity index (χ0n) is 7.14. The van der Waals surface area contributed by atoms with Gasteiger partial charge in [0.15, 0.2) is 0 Å². The zero-order valence-corrected chi connectivity index (χ0v) is 7.14. The van der Waals surface area contributed by atoms with Crippen LogP contribution in [0.3, 0.4) is 0 Å². The lowest BCUT2D eigenvalue weighted by molar-refractivity contribution is 0.170. The van der Waals surface area contributed by atoms with E-state index in [-0.39, 0.29) is 0 Å². The number of hydrogen-bond donors (Lipinski definition) is 1. The summed E-state index contributed by atoms with van der Waals surface area (Å²) >= 11 is 0. The number of hydrogen-bond acceptors (Lipinski definition) is 1. The molecule has 0 aliphatic heterocycles. The first-order valence-corrected chi connectivity index (χ1v) is 4.51. The van der Waals surface area contributed by atoms with Gasteiger partial charge in [0.05, 0.1) is 0 Å². The van der Waals surface area contributed by atoms with Gasteiger partial charge >= 0.3 is 0 Å². The van der Waals surface area contributed by atoms with E-state index < -0.39 is 0 Å². The van der Waals surface area contributed by atoms with Crippen molar-refractivity contribution in [1.29, 1.82) is 0 Å². The highest BCUT2D eigenvalue weighted by Crippen LogP contribution is 2.34. The maximum absolute atomic E-state index is 5.85. The molecule has 1 aliphatic rings. The first kappa shape index (κ1) is 8.06. The summed E-state index contributed by atoms with van der Waals surface area (Å²) in [6, 6.07) is 0.529. The van der Waals surface area contributed by atoms with E-state index in [0.717, 1.165) is 11.8 Å². The molecule has 0 saturated heterocycles. The molecule has 0 aromatic heterocycles. The highest BCUT2D eigenvalue weighted by atomic mass is 14.7. The van der Waals surface area contributed by atoms with Crippen LogP contribution in [0.4, 0.5) is 0 Å². The second-order valence-electron chi connectivity index (χ2n) is 3.67. The molecule has 0 amide bonds. The number of rotatable bonds is 3. The molecule has 0 bridgehead atoms. The minimum absolute atomic E-state index is 0.529. The van der Waals surface area contributed by atoms with Crippen molar-refractivity contribution >= 4 is 0 Å². The average molecular weight is 141 g/mol. The van der Waals surface area contributed by atoms with Gasteiger partial charge in [-0.25, -0.2) is 0 Å². The highest BCUT2D eigenvalue weighted by Gasteiger charge is 2.31. The van der Waals surface area contributed by atoms with Gasteiger partial charge in [0.25, 0.3) is 0 Å². The third kappa shape index (κ3) is 1.51. The van der Waals surface area contributed by atoms with Crippen molar-refractivity contribution in [3.05, 3.63) is 0 Å². The fraction of sp³-hybridized carbons (Fsp3) is 1.00. The van der Waals surface area contributed by atoms with Gasteiger partial charge in [-0.2, -0.15) is 0 Å². The monoisotopic (exact) mass is 141 g/mol. The standard InChI is InChI=1S/C9H19N/c1-3-4-7(2)8-5-6-9(8)10/h7-9H,3-6,10H2,1-2H3. The van der Waals surface area contributed by atoms with E-state index in [1.165, 1.54) is 25.7 Å². The molecule has 10 heavy (non-hydrogen) atoms. The van der Waals surface area contributed by atoms with Crippen LogP contribution in [0, 0.1) is 11.8 Å². The second kappa shape index (κ2) is 3.38. The van der Waals surface area contributed by atoms with Gasteiger partial charge in [-0.15, -0.1) is 0 Å². The molecule has 0 heterocycles. The molecule has 1 rings (SSSR count). The topological polar surface area (TPSA) is 26.0 Å². The Hall–Kier alpha value is -0.0400. The Morgan fingerprint density at radius 2 is 2.20 bits per heavy atom. The van der Waals surface area contributed by atoms with Crippen LogP contribution in [-0.4, -0.2) is 6.04 Å². The summed E-state index contributed by atoms with van der Waals surface area (Å²) in [5.74, 6) is 1.72. The third-order valence-electron chi connectivity index (χ3n) is 2.86. The lowest BCUT2D eigenvalue weighted by Gasteiger charge is -2.38. The summed E-state index contributed by atoms with van der Waals surface area (Å²) in [7, 11) is 0. The van der Waals surface area contributed by atoms with Crippen molar-refractivity contribution in [2.24, 2.45) is 17.6 Å². The SMILES string of the molecule is CCCC(C)C1CCC1N. The van der Waals surface area contributed by atoms with E-state index in [1.54, 1.807) is 0 Å². The van der Waals surface area contributed by atoms with E-state index in [1.807, 2.05) is 0 Å². The molecule has 0 aromatic carbocycles. The van der Waals surface area contributed by atoms with Crippen LogP contribution in [0.5, 0.6) is 0 Å². The van der Waals surface area contributed by atoms with Gasteiger partial charge in [-0.3, -0.25) is 0 Å². The molecule has 60 valence electrons. The summed E-state index contributed by atoms with van der Waals surface area (Å²) in [5.41, 5.74) is 5.85. The van der Waals surface area contributed by atoms with Crippen molar-refractivity contribution in [3.8, 4) is 0 Å². The second-order valence-corrected chi connectivity index (χ2v) is 3.67. The van der Waals surface area contributed by atoms with Gasteiger partial charge < -0.3 is 5.73 Å². The van der Waals surface area contributed by atoms with Gasteiger partial charge in [0.1, 0.15) is 0 Å². The predicted octanol–water partition coefficient (Wildman–Crippen LogP) is 2.16. The summed E-state index contributed by atoms with van der Waals surface area (Å²) in [6.45, 7) is 4.59. The van der Waals surface area contributed by atoms with Crippen molar-refractivity contribution < 1.29 is 0 Å². The molecular formula is C9H19N. The third-order valence-corrected chi connectivity index (χ3v) is 2.86. The van der Waals surface area contributed by atoms with Crippen LogP contribution < -0.4 is 5.73 Å². The average Bonchev–Trinajstić information content (AvgIpc) is 1.85. The van der Waals surface area contributed by atoms with E-state index in [9.17, 15) is 0 Å². The molecule has 1 aliphatic carbocycles. The van der Waals surface area contributed by atoms with Crippen molar-refractivity contribution in [2.45, 2.75) is 45.6 Å². The Balaban J connectivity index is 2.20. The van der Waals surface area contributed by atoms with Crippen LogP contribution >= 0.6 is 0 Å². The first-order chi connectivity index (χ1) is 4.75. The molecule has 1 heteroatoms. The lowest BCUT2D eigenvalue weighted by atomic mass is 9.71. The molecule has 1 fully saturated rings. The lowest BCUT2D eigenvalue weighted by Crippen LogP contribution is -2.42. The fourth-order valence-corrected chi connectivity index (χ4v) is 1.93. The van der Waals surface area contributed by atoms with Gasteiger partial charge in [0, 0.05) is 6.04 Å². The van der Waals surface area contributed by atoms with E-state index in [2.05, 4.69) is 13.8 Å². The molecule has 0 radical (unpaired) electrons. The quantitative estimate of drug-likeness (QED) is 0.640. The maximum Gasteiger partial charge on any atom is 0.00698 e. The van der Waals surface area contributed by atoms with Gasteiger partial charge in [0.2, 0.25) is 0 Å². The normalized spacial score (nSPS) is 35.1. The summed E-state index contributed by atoms with van der Waals surface area (Å²) in [4.78, 5) is 0. The molecule has 1 saturated carbocycles. The van der Waals surface area contributed by atoms with Crippen LogP contribution in [0.15, 0.2) is 0 Å². The summed E-state index contributed by atoms with van der Waals surface area (Å²) in [6.07, 6.45) is 5.31. The molecular weight excluding hydrogens is 122 g/mol. The minimum Gasteiger partial charge on any atom is -0.327 e. The highest BCUT2D eigenvalue weighted by molar-refractivity contribution is 4.86. The van der Waals surface area contributed by atoms with Crippen molar-refractivity contribution in [1.82, 2.24) is 0 Å². The Morgan fingerprint density at radius 3 is 2.50 bits per heavy atom. The Morgan fingerprint density at radius 1 is 1.50 bits per heavy atom. The Kier molecular flexibility index (Phi) is 2.72. The Labute approximate surface area is 64.0 Å². The molecule has 0 aromatic rings. The molecule has 3 atom stereocenters. The first-order valence-electron chi connectivity index (χ1n) is 4.51. The smallest absolute Gasteiger partial charge is 0.00698 e. The van der Waals surface area contributed by atoms with Crippen LogP contribution in [0.2, 0.25) is 0 Å². The largest absolute Gasteiger partial charge is 0.327 e. The van der Waals surface area contributed by atoms with E-state index in [4.69, 9.17) is 5.73 Å². The summed E-state index contributed by atoms with van der Waals surface area (Å²) in [5, 5.41) is 0. The van der Waals surface area contributed by atoms with Gasteiger partial charge in [-0.1, -0.05) is 26.7 Å². The summed E-state index contributed by atoms with van der Waals surface area (Å²) < 4.78 is 0. The van der Waals surface area contributed by atoms with E-state index in [0.29, 0.717) is 6.04 Å². The zero-order chi connectivity index (χ0) is 7.56. The molecule has 2 N–H and O–H groups in total. The Bertz CT molecular complexity index is 101. The van der Waals surface area contributed by atoms with Crippen molar-refractivity contribution in [2.75, 3.05) is 0 Å². The van der Waals surface area contributed by atoms with Crippen molar-refractivity contribution in [3.63, 3.8) is 0 Å². The number of nitrogens with two attached hydrogens (primary N) is 1. The molecule has 1 nitrogen and oxygen atoms in total. The fourth-order valence-electron chi connectivity index (χ4n) is 1.93. The van der Waals surface area contributed by atoms with E-state index >= 15 is 0 Å². The molecule has 0 spiro atoms. The van der Waals surface area contributed by atoms with Crippen LogP contribution in [-0.2, 0) is 0 Å².